The molecule has 0 unspecified atom stereocenters. The normalized spacial score (nSPS) is 18.1. The van der Waals surface area contributed by atoms with E-state index >= 15 is 4.39 Å². The molecule has 0 bridgehead atoms. The van der Waals surface area contributed by atoms with Crippen molar-refractivity contribution in [2.24, 2.45) is 23.7 Å². The lowest BCUT2D eigenvalue weighted by molar-refractivity contribution is 0.0937. The molecule has 8 atom stereocenters. The molecule has 20 rings (SSSR count). The summed E-state index contributed by atoms with van der Waals surface area (Å²) in [6.07, 6.45) is 25.8. The predicted molar refractivity (Wildman–Crippen MR) is 570 cm³/mol. The molecule has 0 amide bonds. The zero-order valence-corrected chi connectivity index (χ0v) is 86.1. The average molecular weight is 1980 g/mol. The Morgan fingerprint density at radius 3 is 1.08 bits per heavy atom. The van der Waals surface area contributed by atoms with Gasteiger partial charge in [0, 0.05) is 123 Å². The van der Waals surface area contributed by atoms with Crippen LogP contribution in [-0.4, -0.2) is 89.6 Å². The van der Waals surface area contributed by atoms with E-state index in [1.165, 1.54) is 65.0 Å². The SMILES string of the molecule is C#Cc1ccc(C(=O)C[C@@H]2CCC[C@H](n3c(-c4c(O)cccc4F)nc4cc(C(=O)CC)ccc43)C2)s1.CCC(=O)c1ccc2c(c1)nc(-c1ccc(C)cc1)n2[C@H]1CCC[C@@H](CC(=O)c2ccc(C)s2)C1.CCC(=O)c1ccc2c(c1)nc(-c1ccc(C)s1)n2[C@H]1CCC[C@@H](CC(=O)c2ccc(C)s2)C1.CCC(=O)c1ccc2c(c1)nc(-c1sccc1C)n2[C@H]1CCC[C@@H](CC(=O)c2ccc(C)s2)C1. The second-order valence-corrected chi connectivity index (χ2v) is 45.4. The molecule has 4 aliphatic rings. The number of hydrogen-bond donors (Lipinski definition) is 1. The van der Waals surface area contributed by atoms with Gasteiger partial charge in [0.05, 0.1) is 83.8 Å². The Bertz CT molecular complexity index is 7350. The number of rotatable bonds is 28. The summed E-state index contributed by atoms with van der Waals surface area (Å²) in [7, 11) is 0. The van der Waals surface area contributed by atoms with Gasteiger partial charge in [0.2, 0.25) is 0 Å². The van der Waals surface area contributed by atoms with Crippen LogP contribution in [0.25, 0.3) is 88.3 Å². The van der Waals surface area contributed by atoms with E-state index in [4.69, 9.17) is 26.4 Å². The molecular weight excluding hydrogens is 1860 g/mol. The number of aryl methyl sites for hydroxylation is 6. The largest absolute Gasteiger partial charge is 0.507 e. The number of aromatic nitrogens is 8. The van der Waals surface area contributed by atoms with Crippen LogP contribution in [0.2, 0.25) is 0 Å². The van der Waals surface area contributed by atoms with Gasteiger partial charge in [0.1, 0.15) is 23.2 Å². The number of carbonyl (C=O) groups is 8. The van der Waals surface area contributed by atoms with E-state index in [2.05, 4.69) is 120 Å². The number of halogens is 1. The number of terminal acetylenes is 1. The zero-order valence-electron chi connectivity index (χ0n) is 81.2. The van der Waals surface area contributed by atoms with Gasteiger partial charge in [-0.3, -0.25) is 38.4 Å². The summed E-state index contributed by atoms with van der Waals surface area (Å²) in [5.41, 5.74) is 13.5. The van der Waals surface area contributed by atoms with Crippen LogP contribution in [0, 0.1) is 83.4 Å². The topological polar surface area (TPSA) is 228 Å². The van der Waals surface area contributed by atoms with E-state index in [0.717, 1.165) is 205 Å². The first-order valence-corrected chi connectivity index (χ1v) is 54.4. The molecule has 140 heavy (non-hydrogen) atoms. The number of hydrogen-bond acceptors (Lipinski definition) is 19. The Kier molecular flexibility index (Phi) is 31.6. The lowest BCUT2D eigenvalue weighted by atomic mass is 9.82. The van der Waals surface area contributed by atoms with E-state index in [1.54, 1.807) is 87.9 Å². The Hall–Kier alpha value is -12.0. The quantitative estimate of drug-likeness (QED) is 0.0356. The number of benzene rings is 6. The van der Waals surface area contributed by atoms with Crippen molar-refractivity contribution in [2.45, 2.75) is 248 Å². The van der Waals surface area contributed by atoms with Crippen molar-refractivity contribution in [1.29, 1.82) is 0 Å². The van der Waals surface area contributed by atoms with Crippen molar-refractivity contribution in [1.82, 2.24) is 38.2 Å². The van der Waals surface area contributed by atoms with E-state index in [0.29, 0.717) is 103 Å². The van der Waals surface area contributed by atoms with Crippen LogP contribution >= 0.6 is 68.0 Å². The van der Waals surface area contributed by atoms with Crippen LogP contribution in [0.5, 0.6) is 5.75 Å². The first-order valence-electron chi connectivity index (χ1n) is 49.4. The van der Waals surface area contributed by atoms with Crippen LogP contribution in [0.3, 0.4) is 0 Å². The molecule has 24 heteroatoms. The molecular formula is C116H119FN8O9S6. The number of phenols is 1. The summed E-state index contributed by atoms with van der Waals surface area (Å²) in [6, 6.07) is 58.8. The van der Waals surface area contributed by atoms with Crippen LogP contribution in [0.15, 0.2) is 187 Å². The van der Waals surface area contributed by atoms with Crippen LogP contribution in [-0.2, 0) is 0 Å². The van der Waals surface area contributed by atoms with Gasteiger partial charge < -0.3 is 23.4 Å². The molecule has 0 spiro atoms. The van der Waals surface area contributed by atoms with Crippen LogP contribution in [0.4, 0.5) is 4.39 Å². The van der Waals surface area contributed by atoms with E-state index in [9.17, 15) is 43.5 Å². The molecule has 6 aromatic carbocycles. The number of carbonyl (C=O) groups excluding carboxylic acids is 8. The fraction of sp³-hybridized carbons (Fsp3) is 0.362. The maximum Gasteiger partial charge on any atom is 0.173 e. The van der Waals surface area contributed by atoms with Crippen molar-refractivity contribution in [3.63, 3.8) is 0 Å². The Morgan fingerprint density at radius 2 is 0.729 bits per heavy atom. The van der Waals surface area contributed by atoms with Crippen molar-refractivity contribution in [2.75, 3.05) is 0 Å². The monoisotopic (exact) mass is 1980 g/mol. The average Bonchev–Trinajstić information content (AvgIpc) is 1.62. The highest BCUT2D eigenvalue weighted by Crippen LogP contribution is 2.48. The Balaban J connectivity index is 0.000000129. The smallest absolute Gasteiger partial charge is 0.173 e. The Labute approximate surface area is 841 Å². The molecule has 0 radical (unpaired) electrons. The summed E-state index contributed by atoms with van der Waals surface area (Å²) >= 11 is 9.62. The van der Waals surface area contributed by atoms with Gasteiger partial charge in [-0.15, -0.1) is 74.4 Å². The van der Waals surface area contributed by atoms with Crippen molar-refractivity contribution < 1.29 is 47.9 Å². The van der Waals surface area contributed by atoms with E-state index in [-0.39, 0.29) is 75.6 Å². The highest BCUT2D eigenvalue weighted by Gasteiger charge is 2.37. The van der Waals surface area contributed by atoms with Gasteiger partial charge in [-0.2, -0.15) is 0 Å². The van der Waals surface area contributed by atoms with Crippen LogP contribution in [0.1, 0.15) is 322 Å². The maximum atomic E-state index is 15.0. The van der Waals surface area contributed by atoms with Gasteiger partial charge in [-0.1, -0.05) is 95.2 Å². The summed E-state index contributed by atoms with van der Waals surface area (Å²) in [5, 5.41) is 12.7. The predicted octanol–water partition coefficient (Wildman–Crippen LogP) is 31.2. The third-order valence-corrected chi connectivity index (χ3v) is 34.5. The summed E-state index contributed by atoms with van der Waals surface area (Å²) < 4.78 is 24.2. The number of nitrogens with zero attached hydrogens (tertiary/aromatic N) is 8. The third kappa shape index (κ3) is 22.3. The third-order valence-electron chi connectivity index (χ3n) is 28.3. The molecule has 4 saturated carbocycles. The number of fused-ring (bicyclic) bond motifs is 4. The fourth-order valence-electron chi connectivity index (χ4n) is 21.2. The van der Waals surface area contributed by atoms with Crippen molar-refractivity contribution >= 4 is 158 Å². The lowest BCUT2D eigenvalue weighted by Crippen LogP contribution is -2.22. The number of ketones is 8. The first kappa shape index (κ1) is 99.6. The summed E-state index contributed by atoms with van der Waals surface area (Å²) in [4.78, 5) is 132. The van der Waals surface area contributed by atoms with E-state index < -0.39 is 5.82 Å². The first-order chi connectivity index (χ1) is 67.7. The standard InChI is InChI=1S/C30H27FN2O3S.C30H32N2O2S.2C28H30N2O2S2/c1-3-21-12-14-28(37-21)27(36)16-18-7-5-8-20(15-18)33-24-13-11-19(25(34)4-2)17-23(24)32-30(33)29-22(31)9-6-10-26(29)35;1-4-27(33)23-13-14-26-25(18-23)31-30(22-11-8-19(2)9-12-22)32(26)24-7-5-6-21(16-24)17-28(34)29-15-10-20(3)35-29;1-4-24(31)20-10-11-23-22(16-20)29-28(27-13-9-18(3)34-27)30(23)21-7-5-6-19(14-21)15-25(32)26-12-8-17(2)33-26;1-4-24(31)20-9-10-23-22(16-20)29-28(27-17(2)12-13-33-27)30(23)21-7-5-6-19(14-21)15-25(32)26-11-8-18(3)34-26/h1,6,9-14,17-18,20,35H,4-5,7-8,15-16H2,2H3;8-15,18,21,24H,4-7,16-17H2,1-3H3;2*8-13,16,19,21H,4-7,14-15H2,1-3H3/t18-,20+;21-,24+;2*19-,21+/m1111/s1. The van der Waals surface area contributed by atoms with Crippen molar-refractivity contribution in [3.05, 3.63) is 270 Å². The highest BCUT2D eigenvalue weighted by molar-refractivity contribution is 7.16. The maximum absolute atomic E-state index is 15.0. The molecule has 4 aliphatic carbocycles. The summed E-state index contributed by atoms with van der Waals surface area (Å²) in [5.74, 6) is 7.71. The molecule has 1 N–H and O–H groups in total. The van der Waals surface area contributed by atoms with Gasteiger partial charge in [-0.25, -0.2) is 24.3 Å². The molecule has 16 aromatic rings. The molecule has 720 valence electrons. The molecule has 17 nitrogen and oxygen atoms in total. The summed E-state index contributed by atoms with van der Waals surface area (Å²) in [6.45, 7) is 20.0. The molecule has 10 aromatic heterocycles. The Morgan fingerprint density at radius 1 is 0.379 bits per heavy atom. The van der Waals surface area contributed by atoms with Crippen LogP contribution < -0.4 is 0 Å². The van der Waals surface area contributed by atoms with E-state index in [1.807, 2.05) is 111 Å². The molecule has 0 aliphatic heterocycles. The molecule has 0 saturated heterocycles. The number of phenolic OH excluding ortho intramolecular Hbond substituents is 1. The zero-order chi connectivity index (χ0) is 98.3. The minimum absolute atomic E-state index is 0.00421. The number of Topliss-reactive ketones (excluding diaryl/α,β-unsaturated/α-hetero) is 8. The van der Waals surface area contributed by atoms with Gasteiger partial charge in [0.25, 0.3) is 0 Å². The van der Waals surface area contributed by atoms with Crippen molar-refractivity contribution in [3.8, 4) is 62.3 Å². The minimum Gasteiger partial charge on any atom is -0.507 e. The second-order valence-electron chi connectivity index (χ2n) is 38.3. The number of thiophene rings is 6. The minimum atomic E-state index is -0.564. The molecule has 10 heterocycles. The van der Waals surface area contributed by atoms with Gasteiger partial charge in [0.15, 0.2) is 57.9 Å². The van der Waals surface area contributed by atoms with Gasteiger partial charge in [-0.05, 0) is 305 Å². The molecule has 4 fully saturated rings. The lowest BCUT2D eigenvalue weighted by Gasteiger charge is -2.31. The second kappa shape index (κ2) is 44.5. The highest BCUT2D eigenvalue weighted by atomic mass is 32.1. The number of imidazole rings is 4. The van der Waals surface area contributed by atoms with Gasteiger partial charge >= 0.3 is 0 Å². The number of aromatic hydroxyl groups is 1. The fourth-order valence-corrected chi connectivity index (χ4v) is 26.2.